The van der Waals surface area contributed by atoms with Crippen LogP contribution in [-0.2, 0) is 4.79 Å². The fraction of sp³-hybridized carbons (Fsp3) is 0.536. The predicted molar refractivity (Wildman–Crippen MR) is 137 cm³/mol. The first kappa shape index (κ1) is 28.3. The minimum atomic E-state index is -0.273. The molecular weight excluding hydrogens is 454 g/mol. The number of amides is 1. The Labute approximate surface area is 209 Å². The molecule has 0 aliphatic heterocycles. The van der Waals surface area contributed by atoms with Crippen LogP contribution in [0.25, 0.3) is 0 Å². The average molecular weight is 493 g/mol. The molecule has 2 N–H and O–H groups in total. The standard InChI is InChI=1S/C28H38F2N2O.ClH/c1-20(2)19-27(32-25-7-4-3-5-8-25)28(33)31-18-6-9-26(21-10-14-23(29)15-11-21)22-12-16-24(30)17-13-22;/h10-17,20,25-27,32H,3-9,18-19H2,1-2H3,(H,31,33);1H. The van der Waals surface area contributed by atoms with Crippen molar-refractivity contribution in [1.29, 1.82) is 0 Å². The molecule has 0 bridgehead atoms. The molecule has 1 fully saturated rings. The number of hydrogen-bond donors (Lipinski definition) is 2. The van der Waals surface area contributed by atoms with E-state index in [4.69, 9.17) is 0 Å². The second-order valence-electron chi connectivity index (χ2n) is 9.77. The molecule has 3 nitrogen and oxygen atoms in total. The van der Waals surface area contributed by atoms with Crippen molar-refractivity contribution >= 4 is 18.3 Å². The Hall–Kier alpha value is -1.98. The molecule has 1 amide bonds. The van der Waals surface area contributed by atoms with Gasteiger partial charge in [-0.25, -0.2) is 8.78 Å². The topological polar surface area (TPSA) is 41.1 Å². The van der Waals surface area contributed by atoms with Crippen molar-refractivity contribution in [3.63, 3.8) is 0 Å². The van der Waals surface area contributed by atoms with E-state index in [-0.39, 0.29) is 41.9 Å². The number of benzene rings is 2. The highest BCUT2D eigenvalue weighted by atomic mass is 35.5. The predicted octanol–water partition coefficient (Wildman–Crippen LogP) is 6.75. The average Bonchev–Trinajstić information content (AvgIpc) is 2.80. The molecule has 1 atom stereocenters. The second-order valence-corrected chi connectivity index (χ2v) is 9.77. The van der Waals surface area contributed by atoms with Crippen molar-refractivity contribution in [2.75, 3.05) is 6.54 Å². The van der Waals surface area contributed by atoms with Gasteiger partial charge in [-0.1, -0.05) is 57.4 Å². The lowest BCUT2D eigenvalue weighted by molar-refractivity contribution is -0.123. The number of carbonyl (C=O) groups excluding carboxylic acids is 1. The van der Waals surface area contributed by atoms with Gasteiger partial charge in [-0.2, -0.15) is 0 Å². The Bertz CT molecular complexity index is 806. The summed E-state index contributed by atoms with van der Waals surface area (Å²) in [5.41, 5.74) is 1.98. The lowest BCUT2D eigenvalue weighted by Crippen LogP contribution is -2.49. The zero-order valence-corrected chi connectivity index (χ0v) is 21.2. The number of halogens is 3. The van der Waals surface area contributed by atoms with Crippen LogP contribution in [0, 0.1) is 17.6 Å². The van der Waals surface area contributed by atoms with Crippen molar-refractivity contribution in [1.82, 2.24) is 10.6 Å². The summed E-state index contributed by atoms with van der Waals surface area (Å²) in [7, 11) is 0. The van der Waals surface area contributed by atoms with Gasteiger partial charge in [0.15, 0.2) is 0 Å². The maximum absolute atomic E-state index is 13.4. The molecule has 1 saturated carbocycles. The first-order chi connectivity index (χ1) is 15.9. The van der Waals surface area contributed by atoms with Crippen LogP contribution in [0.2, 0.25) is 0 Å². The van der Waals surface area contributed by atoms with Gasteiger partial charge >= 0.3 is 0 Å². The molecular formula is C28H39ClF2N2O. The molecule has 2 aromatic rings. The number of rotatable bonds is 11. The van der Waals surface area contributed by atoms with Crippen LogP contribution in [-0.4, -0.2) is 24.5 Å². The molecule has 0 saturated heterocycles. The van der Waals surface area contributed by atoms with E-state index >= 15 is 0 Å². The maximum atomic E-state index is 13.4. The summed E-state index contributed by atoms with van der Waals surface area (Å²) in [6.45, 7) is 4.89. The minimum Gasteiger partial charge on any atom is -0.355 e. The number of nitrogens with one attached hydrogen (secondary N) is 2. The van der Waals surface area contributed by atoms with Gasteiger partial charge in [0.2, 0.25) is 5.91 Å². The van der Waals surface area contributed by atoms with Crippen molar-refractivity contribution in [2.45, 2.75) is 83.2 Å². The molecule has 0 aromatic heterocycles. The SMILES string of the molecule is CC(C)CC(NC1CCCCC1)C(=O)NCCCC(c1ccc(F)cc1)c1ccc(F)cc1.Cl. The largest absolute Gasteiger partial charge is 0.355 e. The molecule has 6 heteroatoms. The van der Waals surface area contributed by atoms with Crippen molar-refractivity contribution in [3.05, 3.63) is 71.3 Å². The lowest BCUT2D eigenvalue weighted by atomic mass is 9.87. The summed E-state index contributed by atoms with van der Waals surface area (Å²) < 4.78 is 26.9. The molecule has 34 heavy (non-hydrogen) atoms. The Morgan fingerprint density at radius 1 is 0.912 bits per heavy atom. The normalized spacial score (nSPS) is 15.2. The Morgan fingerprint density at radius 3 is 1.94 bits per heavy atom. The molecule has 0 radical (unpaired) electrons. The van der Waals surface area contributed by atoms with Crippen LogP contribution in [0.1, 0.15) is 82.3 Å². The molecule has 188 valence electrons. The van der Waals surface area contributed by atoms with Gasteiger partial charge in [0, 0.05) is 18.5 Å². The van der Waals surface area contributed by atoms with Crippen LogP contribution in [0.15, 0.2) is 48.5 Å². The molecule has 1 unspecified atom stereocenters. The highest BCUT2D eigenvalue weighted by Gasteiger charge is 2.24. The Balaban J connectivity index is 0.00000408. The van der Waals surface area contributed by atoms with Crippen LogP contribution >= 0.6 is 12.4 Å². The molecule has 1 aliphatic rings. The quantitative estimate of drug-likeness (QED) is 0.340. The summed E-state index contributed by atoms with van der Waals surface area (Å²) in [5.74, 6) is -0.00135. The molecule has 3 rings (SSSR count). The zero-order valence-electron chi connectivity index (χ0n) is 20.4. The van der Waals surface area contributed by atoms with E-state index in [2.05, 4.69) is 24.5 Å². The zero-order chi connectivity index (χ0) is 23.6. The van der Waals surface area contributed by atoms with Crippen LogP contribution in [0.5, 0.6) is 0 Å². The number of carbonyl (C=O) groups is 1. The van der Waals surface area contributed by atoms with Gasteiger partial charge < -0.3 is 10.6 Å². The van der Waals surface area contributed by atoms with E-state index in [9.17, 15) is 13.6 Å². The lowest BCUT2D eigenvalue weighted by Gasteiger charge is -2.29. The van der Waals surface area contributed by atoms with E-state index in [1.807, 2.05) is 0 Å². The molecule has 2 aromatic carbocycles. The minimum absolute atomic E-state index is 0. The highest BCUT2D eigenvalue weighted by molar-refractivity contribution is 5.85. The smallest absolute Gasteiger partial charge is 0.237 e. The van der Waals surface area contributed by atoms with Crippen LogP contribution in [0.4, 0.5) is 8.78 Å². The number of hydrogen-bond acceptors (Lipinski definition) is 2. The Morgan fingerprint density at radius 2 is 1.44 bits per heavy atom. The van der Waals surface area contributed by atoms with E-state index < -0.39 is 0 Å². The summed E-state index contributed by atoms with van der Waals surface area (Å²) in [6.07, 6.45) is 8.46. The monoisotopic (exact) mass is 492 g/mol. The van der Waals surface area contributed by atoms with Crippen LogP contribution in [0.3, 0.4) is 0 Å². The van der Waals surface area contributed by atoms with Crippen LogP contribution < -0.4 is 10.6 Å². The molecule has 0 spiro atoms. The summed E-state index contributed by atoms with van der Waals surface area (Å²) in [4.78, 5) is 13.0. The van der Waals surface area contributed by atoms with Crippen molar-refractivity contribution in [2.24, 2.45) is 5.92 Å². The van der Waals surface area contributed by atoms with Gasteiger partial charge in [0.1, 0.15) is 11.6 Å². The second kappa shape index (κ2) is 14.4. The maximum Gasteiger partial charge on any atom is 0.237 e. The third-order valence-corrected chi connectivity index (χ3v) is 6.58. The molecule has 1 aliphatic carbocycles. The van der Waals surface area contributed by atoms with E-state index in [1.54, 1.807) is 24.3 Å². The van der Waals surface area contributed by atoms with Gasteiger partial charge in [-0.15, -0.1) is 12.4 Å². The van der Waals surface area contributed by atoms with Crippen molar-refractivity contribution in [3.8, 4) is 0 Å². The summed E-state index contributed by atoms with van der Waals surface area (Å²) >= 11 is 0. The van der Waals surface area contributed by atoms with Gasteiger partial charge in [0.05, 0.1) is 6.04 Å². The first-order valence-electron chi connectivity index (χ1n) is 12.5. The highest BCUT2D eigenvalue weighted by Crippen LogP contribution is 2.29. The third-order valence-electron chi connectivity index (χ3n) is 6.58. The fourth-order valence-electron chi connectivity index (χ4n) is 4.83. The van der Waals surface area contributed by atoms with E-state index in [0.717, 1.165) is 43.2 Å². The molecule has 0 heterocycles. The van der Waals surface area contributed by atoms with Gasteiger partial charge in [-0.3, -0.25) is 4.79 Å². The van der Waals surface area contributed by atoms with Gasteiger partial charge in [0.25, 0.3) is 0 Å². The Kier molecular flexibility index (Phi) is 12.0. The first-order valence-corrected chi connectivity index (χ1v) is 12.5. The summed E-state index contributed by atoms with van der Waals surface area (Å²) in [6, 6.07) is 13.3. The fourth-order valence-corrected chi connectivity index (χ4v) is 4.83. The summed E-state index contributed by atoms with van der Waals surface area (Å²) in [5, 5.41) is 6.75. The van der Waals surface area contributed by atoms with Crippen molar-refractivity contribution < 1.29 is 13.6 Å². The third kappa shape index (κ3) is 8.99. The van der Waals surface area contributed by atoms with Gasteiger partial charge in [-0.05, 0) is 73.4 Å². The van der Waals surface area contributed by atoms with E-state index in [1.165, 1.54) is 43.5 Å². The van der Waals surface area contributed by atoms with E-state index in [0.29, 0.717) is 18.5 Å².